The molecule has 2 aromatic carbocycles. The van der Waals surface area contributed by atoms with Crippen molar-refractivity contribution in [3.05, 3.63) is 64.5 Å². The van der Waals surface area contributed by atoms with Crippen LogP contribution in [0.15, 0.2) is 41.4 Å². The first-order chi connectivity index (χ1) is 12.5. The average molecular weight is 375 g/mol. The summed E-state index contributed by atoms with van der Waals surface area (Å²) in [5.74, 6) is 0.813. The van der Waals surface area contributed by atoms with Gasteiger partial charge >= 0.3 is 0 Å². The first-order valence-electron chi connectivity index (χ1n) is 8.63. The summed E-state index contributed by atoms with van der Waals surface area (Å²) in [4.78, 5) is 4.44. The van der Waals surface area contributed by atoms with Crippen LogP contribution in [0.2, 0.25) is 0 Å². The SMILES string of the molecule is CNC1=NC(O)C2(CCOc3ccccc32)c2cc(C(C)Cl)c(F)cc21. The first kappa shape index (κ1) is 17.3. The highest BCUT2D eigenvalue weighted by atomic mass is 35.5. The van der Waals surface area contributed by atoms with E-state index in [0.717, 1.165) is 16.9 Å². The second-order valence-corrected chi connectivity index (χ2v) is 7.36. The van der Waals surface area contributed by atoms with Crippen molar-refractivity contribution in [1.29, 1.82) is 0 Å². The Kier molecular flexibility index (Phi) is 4.16. The number of alkyl halides is 1. The van der Waals surface area contributed by atoms with Gasteiger partial charge in [-0.3, -0.25) is 0 Å². The van der Waals surface area contributed by atoms with Crippen LogP contribution in [0.5, 0.6) is 5.75 Å². The highest BCUT2D eigenvalue weighted by molar-refractivity contribution is 6.20. The standard InChI is InChI=1S/C20H20ClFN2O2/c1-11(21)12-9-15-13(10-16(12)22)18(23-2)24-19(25)20(15)7-8-26-17-6-4-3-5-14(17)20/h3-6,9-11,19,25H,7-8H2,1-2H3,(H,23,24). The molecule has 3 atom stereocenters. The Morgan fingerprint density at radius 3 is 2.85 bits per heavy atom. The van der Waals surface area contributed by atoms with Crippen molar-refractivity contribution in [2.24, 2.45) is 4.99 Å². The third kappa shape index (κ3) is 2.34. The zero-order valence-electron chi connectivity index (χ0n) is 14.6. The van der Waals surface area contributed by atoms with Gasteiger partial charge in [0, 0.05) is 23.7 Å². The predicted molar refractivity (Wildman–Crippen MR) is 99.6 cm³/mol. The van der Waals surface area contributed by atoms with Crippen LogP contribution in [-0.2, 0) is 5.41 Å². The minimum absolute atomic E-state index is 0.374. The van der Waals surface area contributed by atoms with Crippen molar-refractivity contribution in [2.75, 3.05) is 13.7 Å². The molecule has 0 aliphatic carbocycles. The van der Waals surface area contributed by atoms with Gasteiger partial charge in [0.05, 0.1) is 17.4 Å². The lowest BCUT2D eigenvalue weighted by molar-refractivity contribution is 0.0767. The fraction of sp³-hybridized carbons (Fsp3) is 0.350. The molecule has 2 N–H and O–H groups in total. The molecule has 0 bridgehead atoms. The maximum atomic E-state index is 14.6. The van der Waals surface area contributed by atoms with Crippen molar-refractivity contribution < 1.29 is 14.2 Å². The minimum Gasteiger partial charge on any atom is -0.493 e. The average Bonchev–Trinajstić information content (AvgIpc) is 2.64. The summed E-state index contributed by atoms with van der Waals surface area (Å²) in [5, 5.41) is 13.6. The lowest BCUT2D eigenvalue weighted by atomic mass is 9.66. The summed E-state index contributed by atoms with van der Waals surface area (Å²) in [7, 11) is 1.71. The van der Waals surface area contributed by atoms with Crippen LogP contribution in [0.3, 0.4) is 0 Å². The molecule has 136 valence electrons. The quantitative estimate of drug-likeness (QED) is 0.751. The Balaban J connectivity index is 2.06. The molecule has 26 heavy (non-hydrogen) atoms. The van der Waals surface area contributed by atoms with E-state index < -0.39 is 17.0 Å². The zero-order chi connectivity index (χ0) is 18.5. The number of hydrogen-bond acceptors (Lipinski definition) is 4. The van der Waals surface area contributed by atoms with E-state index in [1.165, 1.54) is 6.07 Å². The lowest BCUT2D eigenvalue weighted by Crippen LogP contribution is -2.49. The van der Waals surface area contributed by atoms with Gasteiger partial charge in [-0.05, 0) is 37.1 Å². The summed E-state index contributed by atoms with van der Waals surface area (Å²) < 4.78 is 20.4. The maximum absolute atomic E-state index is 14.6. The normalized spacial score (nSPS) is 25.0. The van der Waals surface area contributed by atoms with Crippen LogP contribution < -0.4 is 10.1 Å². The van der Waals surface area contributed by atoms with Crippen LogP contribution >= 0.6 is 11.6 Å². The van der Waals surface area contributed by atoms with Crippen molar-refractivity contribution >= 4 is 17.4 Å². The van der Waals surface area contributed by atoms with E-state index in [4.69, 9.17) is 16.3 Å². The Hall–Kier alpha value is -2.11. The smallest absolute Gasteiger partial charge is 0.161 e. The van der Waals surface area contributed by atoms with Crippen LogP contribution in [0, 0.1) is 5.82 Å². The van der Waals surface area contributed by atoms with E-state index in [1.807, 2.05) is 24.3 Å². The molecule has 0 saturated heterocycles. The van der Waals surface area contributed by atoms with Crippen LogP contribution in [0.4, 0.5) is 4.39 Å². The first-order valence-corrected chi connectivity index (χ1v) is 9.07. The number of aliphatic hydroxyl groups excluding tert-OH is 1. The van der Waals surface area contributed by atoms with Gasteiger partial charge in [-0.25, -0.2) is 9.38 Å². The van der Waals surface area contributed by atoms with Gasteiger partial charge in [-0.2, -0.15) is 0 Å². The second kappa shape index (κ2) is 6.25. The number of para-hydroxylation sites is 1. The number of nitrogens with zero attached hydrogens (tertiary/aromatic N) is 1. The molecule has 0 fully saturated rings. The third-order valence-corrected chi connectivity index (χ3v) is 5.59. The topological polar surface area (TPSA) is 53.9 Å². The molecule has 6 heteroatoms. The minimum atomic E-state index is -1.01. The number of aliphatic hydroxyl groups is 1. The number of nitrogens with one attached hydrogen (secondary N) is 1. The van der Waals surface area contributed by atoms with E-state index in [1.54, 1.807) is 20.0 Å². The number of benzene rings is 2. The molecule has 0 saturated carbocycles. The van der Waals surface area contributed by atoms with Crippen LogP contribution in [-0.4, -0.2) is 30.8 Å². The van der Waals surface area contributed by atoms with Crippen LogP contribution in [0.1, 0.15) is 41.0 Å². The van der Waals surface area contributed by atoms with E-state index in [9.17, 15) is 9.50 Å². The Bertz CT molecular complexity index is 899. The van der Waals surface area contributed by atoms with Gasteiger partial charge in [0.15, 0.2) is 6.23 Å². The largest absolute Gasteiger partial charge is 0.493 e. The summed E-state index contributed by atoms with van der Waals surface area (Å²) >= 11 is 6.21. The molecule has 2 aliphatic heterocycles. The number of ether oxygens (including phenoxy) is 1. The number of halogens is 2. The molecule has 3 unspecified atom stereocenters. The number of aliphatic imine (C=N–C) groups is 1. The highest BCUT2D eigenvalue weighted by Crippen LogP contribution is 2.50. The Labute approximate surface area is 156 Å². The number of fused-ring (bicyclic) bond motifs is 4. The molecule has 1 spiro atoms. The number of rotatable bonds is 1. The van der Waals surface area contributed by atoms with Gasteiger partial charge < -0.3 is 15.2 Å². The summed E-state index contributed by atoms with van der Waals surface area (Å²) in [6.45, 7) is 2.18. The molecule has 2 aliphatic rings. The van der Waals surface area contributed by atoms with E-state index >= 15 is 0 Å². The monoisotopic (exact) mass is 374 g/mol. The van der Waals surface area contributed by atoms with Crippen LogP contribution in [0.25, 0.3) is 0 Å². The van der Waals surface area contributed by atoms with Gasteiger partial charge in [-0.1, -0.05) is 18.2 Å². The molecule has 4 nitrogen and oxygen atoms in total. The fourth-order valence-corrected chi connectivity index (χ4v) is 4.23. The summed E-state index contributed by atoms with van der Waals surface area (Å²) in [6.07, 6.45) is -0.466. The second-order valence-electron chi connectivity index (χ2n) is 6.70. The van der Waals surface area contributed by atoms with E-state index in [0.29, 0.717) is 30.0 Å². The maximum Gasteiger partial charge on any atom is 0.161 e. The molecule has 2 heterocycles. The summed E-state index contributed by atoms with van der Waals surface area (Å²) in [6, 6.07) is 10.9. The molecule has 2 aromatic rings. The Morgan fingerprint density at radius 2 is 2.12 bits per heavy atom. The number of hydrogen-bond donors (Lipinski definition) is 2. The molecule has 4 rings (SSSR count). The molecule has 0 amide bonds. The lowest BCUT2D eigenvalue weighted by Gasteiger charge is -2.44. The van der Waals surface area contributed by atoms with Crippen molar-refractivity contribution in [2.45, 2.75) is 30.4 Å². The zero-order valence-corrected chi connectivity index (χ0v) is 15.3. The van der Waals surface area contributed by atoms with Gasteiger partial charge in [-0.15, -0.1) is 11.6 Å². The molecule has 0 aromatic heterocycles. The fourth-order valence-electron chi connectivity index (χ4n) is 4.07. The van der Waals surface area contributed by atoms with Crippen molar-refractivity contribution in [3.63, 3.8) is 0 Å². The van der Waals surface area contributed by atoms with Gasteiger partial charge in [0.2, 0.25) is 0 Å². The third-order valence-electron chi connectivity index (χ3n) is 5.35. The van der Waals surface area contributed by atoms with Gasteiger partial charge in [0.25, 0.3) is 0 Å². The van der Waals surface area contributed by atoms with E-state index in [2.05, 4.69) is 10.3 Å². The Morgan fingerprint density at radius 1 is 1.35 bits per heavy atom. The number of amidine groups is 1. The molecule has 0 radical (unpaired) electrons. The van der Waals surface area contributed by atoms with Crippen molar-refractivity contribution in [3.8, 4) is 5.75 Å². The van der Waals surface area contributed by atoms with Gasteiger partial charge in [0.1, 0.15) is 17.4 Å². The van der Waals surface area contributed by atoms with Crippen molar-refractivity contribution in [1.82, 2.24) is 5.32 Å². The highest BCUT2D eigenvalue weighted by Gasteiger charge is 2.49. The molecular weight excluding hydrogens is 355 g/mol. The predicted octanol–water partition coefficient (Wildman–Crippen LogP) is 3.49. The van der Waals surface area contributed by atoms with E-state index in [-0.39, 0.29) is 5.82 Å². The molecular formula is C20H20ClFN2O2. The summed E-state index contributed by atoms with van der Waals surface area (Å²) in [5.41, 5.74) is 1.95.